The molecule has 0 fully saturated rings. The average Bonchev–Trinajstić information content (AvgIpc) is 2.98. The SMILES string of the molecule is CC(C)Oc1ccc(NC(=O)c2cccc(CSc3ncnc4[nH]ncc34)c2)cc1.CCC(C)c1ccc(NC(=O)c2cccc(CSc3ncnc4[nH]ncc34)c2)cc1.Cn1cc(Br)c(-c2ccc(NC(=O)c3cccc(CSc4ncnc5[nH]ncc45)c3)cc2)n1. The van der Waals surface area contributed by atoms with E-state index in [2.05, 4.69) is 123 Å². The maximum Gasteiger partial charge on any atom is 0.255 e. The van der Waals surface area contributed by atoms with Crippen molar-refractivity contribution in [2.45, 2.75) is 78.5 Å². The van der Waals surface area contributed by atoms with Gasteiger partial charge in [-0.05, 0) is 149 Å². The highest BCUT2D eigenvalue weighted by molar-refractivity contribution is 9.10. The number of nitrogens with one attached hydrogen (secondary N) is 6. The van der Waals surface area contributed by atoms with E-state index in [0.29, 0.717) is 51.2 Å². The number of aromatic nitrogens is 14. The summed E-state index contributed by atoms with van der Waals surface area (Å²) in [6, 6.07) is 45.9. The van der Waals surface area contributed by atoms with E-state index in [1.165, 1.54) is 24.5 Å². The number of aromatic amines is 3. The molecule has 21 nitrogen and oxygen atoms in total. The van der Waals surface area contributed by atoms with E-state index in [4.69, 9.17) is 4.74 Å². The molecule has 0 saturated carbocycles. The number of H-pyrrole nitrogens is 3. The van der Waals surface area contributed by atoms with Gasteiger partial charge in [-0.3, -0.25) is 34.4 Å². The van der Waals surface area contributed by atoms with Crippen LogP contribution in [0.2, 0.25) is 0 Å². The van der Waals surface area contributed by atoms with Crippen LogP contribution < -0.4 is 20.7 Å². The number of carbonyl (C=O) groups excluding carboxylic acids is 3. The highest BCUT2D eigenvalue weighted by Gasteiger charge is 2.16. The van der Waals surface area contributed by atoms with Gasteiger partial charge in [-0.25, -0.2) is 29.9 Å². The molecule has 7 heterocycles. The summed E-state index contributed by atoms with van der Waals surface area (Å²) in [4.78, 5) is 63.7. The minimum absolute atomic E-state index is 0.109. The fourth-order valence-electron chi connectivity index (χ4n) is 9.43. The highest BCUT2D eigenvalue weighted by atomic mass is 79.9. The Morgan fingerprint density at radius 1 is 0.527 bits per heavy atom. The second-order valence-electron chi connectivity index (χ2n) is 21.5. The van der Waals surface area contributed by atoms with Crippen LogP contribution in [0.1, 0.15) is 93.4 Å². The highest BCUT2D eigenvalue weighted by Crippen LogP contribution is 2.32. The molecule has 0 radical (unpaired) electrons. The number of ether oxygens (including phenoxy) is 1. The predicted octanol–water partition coefficient (Wildman–Crippen LogP) is 15.2. The lowest BCUT2D eigenvalue weighted by Crippen LogP contribution is -2.12. The Balaban J connectivity index is 0.000000143. The van der Waals surface area contributed by atoms with Crippen LogP contribution in [0.4, 0.5) is 17.1 Å². The number of halogens is 1. The third-order valence-electron chi connectivity index (χ3n) is 14.4. The molecule has 93 heavy (non-hydrogen) atoms. The summed E-state index contributed by atoms with van der Waals surface area (Å²) in [6.45, 7) is 8.33. The summed E-state index contributed by atoms with van der Waals surface area (Å²) in [5, 5.41) is 39.2. The molecular weight excluding hydrogens is 1290 g/mol. The number of aryl methyl sites for hydroxylation is 1. The molecule has 0 saturated heterocycles. The zero-order chi connectivity index (χ0) is 64.6. The first-order chi connectivity index (χ1) is 45.3. The molecule has 0 bridgehead atoms. The van der Waals surface area contributed by atoms with Gasteiger partial charge in [0.15, 0.2) is 16.9 Å². The molecule has 0 aliphatic rings. The summed E-state index contributed by atoms with van der Waals surface area (Å²) in [6.07, 6.45) is 12.8. The van der Waals surface area contributed by atoms with Crippen molar-refractivity contribution >= 4 is 119 Å². The average molecular weight is 1360 g/mol. The zero-order valence-corrected chi connectivity index (χ0v) is 55.1. The first-order valence-electron chi connectivity index (χ1n) is 29.5. The van der Waals surface area contributed by atoms with Crippen molar-refractivity contribution in [2.75, 3.05) is 16.0 Å². The molecule has 13 rings (SSSR count). The summed E-state index contributed by atoms with van der Waals surface area (Å²) in [5.41, 5.74) is 12.4. The third-order valence-corrected chi connectivity index (χ3v) is 18.2. The molecule has 0 spiro atoms. The number of hydrogen-bond acceptors (Lipinski definition) is 17. The molecule has 6 N–H and O–H groups in total. The minimum Gasteiger partial charge on any atom is -0.491 e. The van der Waals surface area contributed by atoms with Crippen LogP contribution in [0, 0.1) is 0 Å². The molecular formula is C68H62BrN17O4S3. The largest absolute Gasteiger partial charge is 0.491 e. The lowest BCUT2D eigenvalue weighted by Gasteiger charge is -2.11. The van der Waals surface area contributed by atoms with Crippen molar-refractivity contribution in [2.24, 2.45) is 7.05 Å². The smallest absolute Gasteiger partial charge is 0.255 e. The number of hydrogen-bond donors (Lipinski definition) is 6. The van der Waals surface area contributed by atoms with Crippen molar-refractivity contribution in [3.63, 3.8) is 0 Å². The van der Waals surface area contributed by atoms with Crippen LogP contribution in [0.5, 0.6) is 5.75 Å². The predicted molar refractivity (Wildman–Crippen MR) is 371 cm³/mol. The van der Waals surface area contributed by atoms with Crippen LogP contribution >= 0.6 is 51.2 Å². The van der Waals surface area contributed by atoms with E-state index < -0.39 is 0 Å². The fourth-order valence-corrected chi connectivity index (χ4v) is 12.8. The molecule has 25 heteroatoms. The number of nitrogens with zero attached hydrogens (tertiary/aromatic N) is 11. The van der Waals surface area contributed by atoms with E-state index in [0.717, 1.165) is 98.5 Å². The van der Waals surface area contributed by atoms with Gasteiger partial charge in [0.1, 0.15) is 45.5 Å². The summed E-state index contributed by atoms with van der Waals surface area (Å²) in [7, 11) is 1.88. The van der Waals surface area contributed by atoms with Gasteiger partial charge in [0.05, 0.1) is 45.3 Å². The molecule has 6 aromatic carbocycles. The van der Waals surface area contributed by atoms with E-state index in [-0.39, 0.29) is 23.8 Å². The van der Waals surface area contributed by atoms with Crippen LogP contribution in [0.3, 0.4) is 0 Å². The maximum atomic E-state index is 12.8. The molecule has 1 atom stereocenters. The Kier molecular flexibility index (Phi) is 21.4. The monoisotopic (exact) mass is 1360 g/mol. The molecule has 3 amide bonds. The van der Waals surface area contributed by atoms with Gasteiger partial charge in [-0.2, -0.15) is 20.4 Å². The standard InChI is InChI=1S/C23H18BrN7OS.C23H23N5OS.C22H21N5O2S/c1-31-11-19(24)20(30-31)15-5-7-17(8-6-15)28-22(32)16-4-2-3-14(9-16)12-33-23-18-10-27-29-21(18)25-13-26-23;1-3-15(2)17-7-9-19(10-8-17)27-22(29)18-6-4-5-16(11-18)13-30-23-20-12-26-28-21(20)24-14-25-23;1-14(2)29-18-8-6-17(7-9-18)26-21(28)16-5-3-4-15(10-16)12-30-22-19-11-25-27-20(19)23-13-24-22/h2-11,13H,12H2,1H3,(H,28,32)(H,25,26,27,29);4-12,14-15H,3,13H2,1-2H3,(H,27,29)(H,24,25,26,28);3-11,13-14H,12H2,1-2H3,(H,26,28)(H,23,24,25,27). The van der Waals surface area contributed by atoms with Crippen molar-refractivity contribution in [3.8, 4) is 17.0 Å². The number of benzene rings is 6. The van der Waals surface area contributed by atoms with Crippen molar-refractivity contribution in [3.05, 3.63) is 233 Å². The van der Waals surface area contributed by atoms with Crippen molar-refractivity contribution in [1.29, 1.82) is 0 Å². The van der Waals surface area contributed by atoms with Crippen LogP contribution in [-0.2, 0) is 24.3 Å². The van der Waals surface area contributed by atoms with Crippen LogP contribution in [-0.4, -0.2) is 94.1 Å². The number of carbonyl (C=O) groups is 3. The topological polar surface area (TPSA) is 278 Å². The lowest BCUT2D eigenvalue weighted by molar-refractivity contribution is 0.101. The Bertz CT molecular complexity index is 4690. The van der Waals surface area contributed by atoms with Gasteiger partial charge in [0, 0.05) is 69.8 Å². The van der Waals surface area contributed by atoms with E-state index >= 15 is 0 Å². The van der Waals surface area contributed by atoms with Gasteiger partial charge >= 0.3 is 0 Å². The zero-order valence-electron chi connectivity index (χ0n) is 51.0. The number of anilines is 3. The van der Waals surface area contributed by atoms with Gasteiger partial charge in [0.25, 0.3) is 17.7 Å². The van der Waals surface area contributed by atoms with Gasteiger partial charge in [-0.1, -0.05) is 74.5 Å². The Hall–Kier alpha value is -10.1. The third kappa shape index (κ3) is 17.1. The number of thioether (sulfide) groups is 3. The van der Waals surface area contributed by atoms with Crippen molar-refractivity contribution < 1.29 is 19.1 Å². The maximum absolute atomic E-state index is 12.8. The molecule has 1 unspecified atom stereocenters. The fraction of sp³-hybridized carbons (Fsp3) is 0.162. The van der Waals surface area contributed by atoms with Crippen LogP contribution in [0.15, 0.2) is 209 Å². The molecule has 0 aliphatic carbocycles. The second-order valence-corrected chi connectivity index (χ2v) is 25.2. The normalized spacial score (nSPS) is 11.4. The van der Waals surface area contributed by atoms with E-state index in [1.54, 1.807) is 64.6 Å². The van der Waals surface area contributed by atoms with Gasteiger partial charge in [0.2, 0.25) is 0 Å². The first kappa shape index (κ1) is 64.4. The Morgan fingerprint density at radius 3 is 1.28 bits per heavy atom. The quantitative estimate of drug-likeness (QED) is 0.0305. The van der Waals surface area contributed by atoms with Crippen molar-refractivity contribution in [1.82, 2.24) is 70.3 Å². The Labute approximate surface area is 556 Å². The Morgan fingerprint density at radius 2 is 0.914 bits per heavy atom. The molecule has 13 aromatic rings. The van der Waals surface area contributed by atoms with Gasteiger partial charge in [-0.15, -0.1) is 35.3 Å². The molecule has 0 aliphatic heterocycles. The lowest BCUT2D eigenvalue weighted by atomic mass is 9.98. The number of fused-ring (bicyclic) bond motifs is 3. The molecule has 468 valence electrons. The van der Waals surface area contributed by atoms with E-state index in [1.807, 2.05) is 154 Å². The first-order valence-corrected chi connectivity index (χ1v) is 33.2. The van der Waals surface area contributed by atoms with E-state index in [9.17, 15) is 14.4 Å². The minimum atomic E-state index is -0.159. The second kappa shape index (κ2) is 30.8. The summed E-state index contributed by atoms with van der Waals surface area (Å²) in [5.74, 6) is 2.91. The number of amides is 3. The summed E-state index contributed by atoms with van der Waals surface area (Å²) < 4.78 is 8.31. The molecule has 7 aromatic heterocycles. The number of rotatable bonds is 20. The van der Waals surface area contributed by atoms with Crippen LogP contribution in [0.25, 0.3) is 44.4 Å². The summed E-state index contributed by atoms with van der Waals surface area (Å²) >= 11 is 8.28. The van der Waals surface area contributed by atoms with Gasteiger partial charge < -0.3 is 20.7 Å².